The Morgan fingerprint density at radius 3 is 2.37 bits per heavy atom. The summed E-state index contributed by atoms with van der Waals surface area (Å²) in [5.74, 6) is -0.107. The van der Waals surface area contributed by atoms with Crippen molar-refractivity contribution in [2.45, 2.75) is 33.2 Å². The van der Waals surface area contributed by atoms with Gasteiger partial charge in [-0.1, -0.05) is 12.1 Å². The molecule has 0 heterocycles. The number of amidine groups is 1. The molecule has 7 heteroatoms. The highest BCUT2D eigenvalue weighted by Crippen LogP contribution is 2.18. The summed E-state index contributed by atoms with van der Waals surface area (Å²) in [6.07, 6.45) is 0. The van der Waals surface area contributed by atoms with E-state index in [1.165, 1.54) is 0 Å². The molecule has 0 aromatic heterocycles. The summed E-state index contributed by atoms with van der Waals surface area (Å²) in [6, 6.07) is 4.93. The third-order valence-corrected chi connectivity index (χ3v) is 3.60. The van der Waals surface area contributed by atoms with Crippen molar-refractivity contribution in [2.24, 2.45) is 5.73 Å². The Labute approximate surface area is 114 Å². The molecule has 0 bridgehead atoms. The number of hydrogen-bond donors (Lipinski definition) is 4. The van der Waals surface area contributed by atoms with Crippen LogP contribution >= 0.6 is 0 Å². The Hall–Kier alpha value is -1.60. The molecule has 5 N–H and O–H groups in total. The zero-order chi connectivity index (χ0) is 14.8. The first-order valence-electron chi connectivity index (χ1n) is 5.77. The molecule has 0 atom stereocenters. The van der Waals surface area contributed by atoms with E-state index in [9.17, 15) is 8.42 Å². The Kier molecular flexibility index (Phi) is 4.21. The number of nitrogen functional groups attached to an aromatic ring is 1. The lowest BCUT2D eigenvalue weighted by Gasteiger charge is -2.21. The van der Waals surface area contributed by atoms with Crippen LogP contribution in [0.4, 0.5) is 5.69 Å². The van der Waals surface area contributed by atoms with Gasteiger partial charge in [-0.25, -0.2) is 0 Å². The van der Waals surface area contributed by atoms with E-state index in [1.807, 2.05) is 0 Å². The van der Waals surface area contributed by atoms with Crippen LogP contribution < -0.4 is 15.2 Å². The number of nitrogens with one attached hydrogen (secondary N) is 3. The summed E-state index contributed by atoms with van der Waals surface area (Å²) < 4.78 is 28.8. The fraction of sp³-hybridized carbons (Fsp3) is 0.417. The highest BCUT2D eigenvalue weighted by Gasteiger charge is 2.20. The summed E-state index contributed by atoms with van der Waals surface area (Å²) in [5, 5.41) is 7.36. The van der Waals surface area contributed by atoms with Crippen LogP contribution in [0.3, 0.4) is 0 Å². The molecular formula is C12H20N4O2S. The van der Waals surface area contributed by atoms with E-state index in [4.69, 9.17) is 11.1 Å². The van der Waals surface area contributed by atoms with E-state index >= 15 is 0 Å². The third kappa shape index (κ3) is 4.88. The molecule has 0 amide bonds. The molecule has 1 rings (SSSR count). The first kappa shape index (κ1) is 15.5. The molecule has 0 fully saturated rings. The highest BCUT2D eigenvalue weighted by atomic mass is 32.2. The molecule has 0 saturated carbocycles. The second-order valence-corrected chi connectivity index (χ2v) is 6.82. The van der Waals surface area contributed by atoms with Crippen molar-refractivity contribution < 1.29 is 8.42 Å². The lowest BCUT2D eigenvalue weighted by atomic mass is 10.1. The maximum Gasteiger partial charge on any atom is 0.299 e. The SMILES string of the molecule is Cc1ccc(C(=N)N)cc1NS(=O)(=O)NC(C)(C)C. The minimum atomic E-state index is -3.67. The van der Waals surface area contributed by atoms with Gasteiger partial charge < -0.3 is 5.73 Å². The summed E-state index contributed by atoms with van der Waals surface area (Å²) in [4.78, 5) is 0. The first-order chi connectivity index (χ1) is 8.50. The number of rotatable bonds is 4. The highest BCUT2D eigenvalue weighted by molar-refractivity contribution is 7.90. The Balaban J connectivity index is 3.05. The molecule has 0 aliphatic carbocycles. The van der Waals surface area contributed by atoms with Gasteiger partial charge in [0.1, 0.15) is 5.84 Å². The number of anilines is 1. The van der Waals surface area contributed by atoms with E-state index < -0.39 is 15.7 Å². The van der Waals surface area contributed by atoms with Gasteiger partial charge in [-0.2, -0.15) is 13.1 Å². The lowest BCUT2D eigenvalue weighted by Crippen LogP contribution is -2.43. The van der Waals surface area contributed by atoms with Gasteiger partial charge in [0.25, 0.3) is 10.2 Å². The van der Waals surface area contributed by atoms with Crippen LogP contribution in [0.5, 0.6) is 0 Å². The molecule has 0 aliphatic heterocycles. The molecule has 1 aromatic carbocycles. The van der Waals surface area contributed by atoms with E-state index in [1.54, 1.807) is 45.9 Å². The zero-order valence-corrected chi connectivity index (χ0v) is 12.4. The Morgan fingerprint density at radius 1 is 1.32 bits per heavy atom. The molecular weight excluding hydrogens is 264 g/mol. The maximum absolute atomic E-state index is 11.9. The van der Waals surface area contributed by atoms with Crippen molar-refractivity contribution in [3.05, 3.63) is 29.3 Å². The van der Waals surface area contributed by atoms with Crippen LogP contribution in [0, 0.1) is 12.3 Å². The fourth-order valence-electron chi connectivity index (χ4n) is 1.47. The average Bonchev–Trinajstić information content (AvgIpc) is 2.16. The standard InChI is InChI=1S/C12H20N4O2S/c1-8-5-6-9(11(13)14)7-10(8)15-19(17,18)16-12(2,3)4/h5-7,15-16H,1-4H3,(H3,13,14). The molecule has 19 heavy (non-hydrogen) atoms. The third-order valence-electron chi connectivity index (χ3n) is 2.23. The minimum Gasteiger partial charge on any atom is -0.384 e. The van der Waals surface area contributed by atoms with Crippen molar-refractivity contribution in [3.63, 3.8) is 0 Å². The Bertz CT molecular complexity index is 588. The quantitative estimate of drug-likeness (QED) is 0.494. The molecule has 1 aromatic rings. The summed E-state index contributed by atoms with van der Waals surface area (Å²) in [7, 11) is -3.67. The first-order valence-corrected chi connectivity index (χ1v) is 7.25. The van der Waals surface area contributed by atoms with Crippen molar-refractivity contribution in [3.8, 4) is 0 Å². The van der Waals surface area contributed by atoms with Gasteiger partial charge in [0, 0.05) is 11.1 Å². The number of nitrogens with two attached hydrogens (primary N) is 1. The van der Waals surface area contributed by atoms with Gasteiger partial charge in [-0.15, -0.1) is 0 Å². The van der Waals surface area contributed by atoms with Crippen LogP contribution in [0.2, 0.25) is 0 Å². The van der Waals surface area contributed by atoms with Crippen LogP contribution in [-0.2, 0) is 10.2 Å². The predicted molar refractivity (Wildman–Crippen MR) is 77.6 cm³/mol. The molecule has 0 radical (unpaired) electrons. The predicted octanol–water partition coefficient (Wildman–Crippen LogP) is 1.32. The molecule has 6 nitrogen and oxygen atoms in total. The van der Waals surface area contributed by atoms with E-state index in [0.717, 1.165) is 5.56 Å². The smallest absolute Gasteiger partial charge is 0.299 e. The van der Waals surface area contributed by atoms with Gasteiger partial charge in [-0.05, 0) is 39.3 Å². The van der Waals surface area contributed by atoms with Gasteiger partial charge in [0.15, 0.2) is 0 Å². The molecule has 0 aliphatic rings. The second kappa shape index (κ2) is 5.18. The van der Waals surface area contributed by atoms with Crippen LogP contribution in [-0.4, -0.2) is 19.8 Å². The largest absolute Gasteiger partial charge is 0.384 e. The van der Waals surface area contributed by atoms with Crippen LogP contribution in [0.1, 0.15) is 31.9 Å². The summed E-state index contributed by atoms with van der Waals surface area (Å²) >= 11 is 0. The van der Waals surface area contributed by atoms with Crippen LogP contribution in [0.15, 0.2) is 18.2 Å². The zero-order valence-electron chi connectivity index (χ0n) is 11.5. The normalized spacial score (nSPS) is 12.2. The van der Waals surface area contributed by atoms with Gasteiger partial charge in [0.2, 0.25) is 0 Å². The number of benzene rings is 1. The topological polar surface area (TPSA) is 108 Å². The van der Waals surface area contributed by atoms with E-state index in [2.05, 4.69) is 9.44 Å². The van der Waals surface area contributed by atoms with Crippen molar-refractivity contribution in [1.82, 2.24) is 4.72 Å². The summed E-state index contributed by atoms with van der Waals surface area (Å²) in [6.45, 7) is 7.04. The molecule has 0 saturated heterocycles. The lowest BCUT2D eigenvalue weighted by molar-refractivity contribution is 0.494. The Morgan fingerprint density at radius 2 is 1.89 bits per heavy atom. The number of hydrogen-bond acceptors (Lipinski definition) is 3. The van der Waals surface area contributed by atoms with E-state index in [-0.39, 0.29) is 5.84 Å². The maximum atomic E-state index is 11.9. The van der Waals surface area contributed by atoms with E-state index in [0.29, 0.717) is 11.3 Å². The number of aryl methyl sites for hydroxylation is 1. The van der Waals surface area contributed by atoms with Gasteiger partial charge in [0.05, 0.1) is 5.69 Å². The van der Waals surface area contributed by atoms with Crippen LogP contribution in [0.25, 0.3) is 0 Å². The fourth-order valence-corrected chi connectivity index (χ4v) is 2.84. The second-order valence-electron chi connectivity index (χ2n) is 5.40. The monoisotopic (exact) mass is 284 g/mol. The van der Waals surface area contributed by atoms with Crippen molar-refractivity contribution in [1.29, 1.82) is 5.41 Å². The van der Waals surface area contributed by atoms with Gasteiger partial charge >= 0.3 is 0 Å². The minimum absolute atomic E-state index is 0.107. The summed E-state index contributed by atoms with van der Waals surface area (Å²) in [5.41, 5.74) is 6.45. The molecule has 106 valence electrons. The molecule has 0 unspecified atom stereocenters. The molecule has 0 spiro atoms. The van der Waals surface area contributed by atoms with Crippen molar-refractivity contribution >= 4 is 21.7 Å². The van der Waals surface area contributed by atoms with Gasteiger partial charge in [-0.3, -0.25) is 10.1 Å². The van der Waals surface area contributed by atoms with Crippen molar-refractivity contribution in [2.75, 3.05) is 4.72 Å². The average molecular weight is 284 g/mol.